The summed E-state index contributed by atoms with van der Waals surface area (Å²) in [4.78, 5) is 12.1. The van der Waals surface area contributed by atoms with Crippen molar-refractivity contribution < 1.29 is 9.53 Å². The van der Waals surface area contributed by atoms with Crippen molar-refractivity contribution in [2.75, 3.05) is 6.61 Å². The summed E-state index contributed by atoms with van der Waals surface area (Å²) >= 11 is 0. The highest BCUT2D eigenvalue weighted by molar-refractivity contribution is 5.90. The van der Waals surface area contributed by atoms with E-state index in [0.717, 1.165) is 24.0 Å². The summed E-state index contributed by atoms with van der Waals surface area (Å²) in [6, 6.07) is 17.8. The summed E-state index contributed by atoms with van der Waals surface area (Å²) in [7, 11) is 0. The van der Waals surface area contributed by atoms with E-state index in [0.29, 0.717) is 18.1 Å². The molecule has 0 radical (unpaired) electrons. The number of carbonyl (C=O) groups excluding carboxylic acids is 1. The van der Waals surface area contributed by atoms with Crippen LogP contribution >= 0.6 is 0 Å². The average Bonchev–Trinajstić information content (AvgIpc) is 2.61. The summed E-state index contributed by atoms with van der Waals surface area (Å²) in [5.74, 6) is 0.434. The SMILES string of the molecule is CCCC(CC)CCOC(=O)c1ccc(-c2ccccc2)cc1. The number of hydrogen-bond donors (Lipinski definition) is 0. The fourth-order valence-corrected chi connectivity index (χ4v) is 2.79. The van der Waals surface area contributed by atoms with Crippen LogP contribution in [-0.4, -0.2) is 12.6 Å². The maximum atomic E-state index is 12.1. The molecule has 0 amide bonds. The van der Waals surface area contributed by atoms with E-state index in [1.165, 1.54) is 12.8 Å². The molecule has 0 heterocycles. The van der Waals surface area contributed by atoms with E-state index in [-0.39, 0.29) is 5.97 Å². The van der Waals surface area contributed by atoms with Crippen LogP contribution in [-0.2, 0) is 4.74 Å². The first-order valence-electron chi connectivity index (χ1n) is 8.57. The van der Waals surface area contributed by atoms with Crippen molar-refractivity contribution in [2.24, 2.45) is 5.92 Å². The van der Waals surface area contributed by atoms with Gasteiger partial charge in [0.25, 0.3) is 0 Å². The molecule has 0 saturated carbocycles. The zero-order chi connectivity index (χ0) is 16.5. The summed E-state index contributed by atoms with van der Waals surface area (Å²) in [5, 5.41) is 0. The summed E-state index contributed by atoms with van der Waals surface area (Å²) in [5.41, 5.74) is 2.88. The lowest BCUT2D eigenvalue weighted by atomic mass is 9.98. The number of hydrogen-bond acceptors (Lipinski definition) is 2. The molecule has 2 aromatic rings. The van der Waals surface area contributed by atoms with Gasteiger partial charge in [-0.1, -0.05) is 75.6 Å². The third kappa shape index (κ3) is 5.24. The summed E-state index contributed by atoms with van der Waals surface area (Å²) in [6.07, 6.45) is 4.50. The van der Waals surface area contributed by atoms with Crippen LogP contribution in [0.1, 0.15) is 49.9 Å². The molecule has 2 aromatic carbocycles. The zero-order valence-corrected chi connectivity index (χ0v) is 14.1. The van der Waals surface area contributed by atoms with Crippen molar-refractivity contribution in [3.05, 3.63) is 60.2 Å². The van der Waals surface area contributed by atoms with Gasteiger partial charge in [0.1, 0.15) is 0 Å². The van der Waals surface area contributed by atoms with Crippen LogP contribution in [0.3, 0.4) is 0 Å². The fourth-order valence-electron chi connectivity index (χ4n) is 2.79. The Morgan fingerprint density at radius 2 is 1.57 bits per heavy atom. The van der Waals surface area contributed by atoms with Gasteiger partial charge in [-0.05, 0) is 35.6 Å². The molecule has 0 aliphatic heterocycles. The molecule has 23 heavy (non-hydrogen) atoms. The van der Waals surface area contributed by atoms with Gasteiger partial charge in [-0.2, -0.15) is 0 Å². The van der Waals surface area contributed by atoms with E-state index < -0.39 is 0 Å². The van der Waals surface area contributed by atoms with E-state index in [2.05, 4.69) is 26.0 Å². The molecule has 0 aliphatic rings. The number of benzene rings is 2. The minimum Gasteiger partial charge on any atom is -0.462 e. The van der Waals surface area contributed by atoms with Gasteiger partial charge in [-0.15, -0.1) is 0 Å². The minimum absolute atomic E-state index is 0.226. The first-order valence-corrected chi connectivity index (χ1v) is 8.57. The summed E-state index contributed by atoms with van der Waals surface area (Å²) in [6.45, 7) is 4.91. The van der Waals surface area contributed by atoms with Crippen LogP contribution in [0.4, 0.5) is 0 Å². The van der Waals surface area contributed by atoms with Crippen molar-refractivity contribution in [1.29, 1.82) is 0 Å². The number of rotatable bonds is 8. The Morgan fingerprint density at radius 3 is 2.17 bits per heavy atom. The van der Waals surface area contributed by atoms with E-state index >= 15 is 0 Å². The summed E-state index contributed by atoms with van der Waals surface area (Å²) < 4.78 is 5.41. The predicted molar refractivity (Wildman–Crippen MR) is 95.5 cm³/mol. The monoisotopic (exact) mass is 310 g/mol. The number of esters is 1. The maximum absolute atomic E-state index is 12.1. The number of ether oxygens (including phenoxy) is 1. The van der Waals surface area contributed by atoms with Crippen molar-refractivity contribution in [3.63, 3.8) is 0 Å². The fraction of sp³-hybridized carbons (Fsp3) is 0.381. The molecule has 0 fully saturated rings. The molecular formula is C21H26O2. The van der Waals surface area contributed by atoms with Gasteiger partial charge in [-0.25, -0.2) is 4.79 Å². The molecule has 0 N–H and O–H groups in total. The Hall–Kier alpha value is -2.09. The molecule has 122 valence electrons. The van der Waals surface area contributed by atoms with Crippen LogP contribution in [0, 0.1) is 5.92 Å². The molecule has 2 rings (SSSR count). The highest BCUT2D eigenvalue weighted by Gasteiger charge is 2.10. The van der Waals surface area contributed by atoms with Crippen molar-refractivity contribution >= 4 is 5.97 Å². The topological polar surface area (TPSA) is 26.3 Å². The van der Waals surface area contributed by atoms with Crippen LogP contribution < -0.4 is 0 Å². The third-order valence-corrected chi connectivity index (χ3v) is 4.26. The quantitative estimate of drug-likeness (QED) is 0.582. The highest BCUT2D eigenvalue weighted by atomic mass is 16.5. The minimum atomic E-state index is -0.226. The molecule has 0 aromatic heterocycles. The van der Waals surface area contributed by atoms with Crippen LogP contribution in [0.15, 0.2) is 54.6 Å². The molecule has 0 aliphatic carbocycles. The van der Waals surface area contributed by atoms with Crippen molar-refractivity contribution in [1.82, 2.24) is 0 Å². The highest BCUT2D eigenvalue weighted by Crippen LogP contribution is 2.20. The first-order chi connectivity index (χ1) is 11.2. The largest absolute Gasteiger partial charge is 0.462 e. The van der Waals surface area contributed by atoms with E-state index in [4.69, 9.17) is 4.74 Å². The van der Waals surface area contributed by atoms with Gasteiger partial charge >= 0.3 is 5.97 Å². The molecule has 2 heteroatoms. The average molecular weight is 310 g/mol. The second-order valence-electron chi connectivity index (χ2n) is 5.93. The predicted octanol–water partition coefficient (Wildman–Crippen LogP) is 5.73. The van der Waals surface area contributed by atoms with Gasteiger partial charge in [0.2, 0.25) is 0 Å². The lowest BCUT2D eigenvalue weighted by Crippen LogP contribution is -2.10. The van der Waals surface area contributed by atoms with E-state index in [1.54, 1.807) is 0 Å². The maximum Gasteiger partial charge on any atom is 0.338 e. The van der Waals surface area contributed by atoms with E-state index in [9.17, 15) is 4.79 Å². The molecule has 0 saturated heterocycles. The molecule has 2 nitrogen and oxygen atoms in total. The Kier molecular flexibility index (Phi) is 6.86. The molecule has 0 bridgehead atoms. The molecule has 1 unspecified atom stereocenters. The second kappa shape index (κ2) is 9.14. The first kappa shape index (κ1) is 17.3. The molecule has 0 spiro atoms. The van der Waals surface area contributed by atoms with Crippen molar-refractivity contribution in [2.45, 2.75) is 39.5 Å². The van der Waals surface area contributed by atoms with Gasteiger partial charge in [0, 0.05) is 0 Å². The Balaban J connectivity index is 1.88. The van der Waals surface area contributed by atoms with Gasteiger partial charge in [-0.3, -0.25) is 0 Å². The molecule has 1 atom stereocenters. The Bertz CT molecular complexity index is 587. The van der Waals surface area contributed by atoms with Crippen molar-refractivity contribution in [3.8, 4) is 11.1 Å². The second-order valence-corrected chi connectivity index (χ2v) is 5.93. The van der Waals surface area contributed by atoms with Crippen LogP contribution in [0.2, 0.25) is 0 Å². The lowest BCUT2D eigenvalue weighted by molar-refractivity contribution is 0.0480. The van der Waals surface area contributed by atoms with Gasteiger partial charge in [0.15, 0.2) is 0 Å². The van der Waals surface area contributed by atoms with E-state index in [1.807, 2.05) is 42.5 Å². The molecular weight excluding hydrogens is 284 g/mol. The number of carbonyl (C=O) groups is 1. The lowest BCUT2D eigenvalue weighted by Gasteiger charge is -2.13. The Labute approximate surface area is 139 Å². The Morgan fingerprint density at radius 1 is 0.913 bits per heavy atom. The van der Waals surface area contributed by atoms with Crippen LogP contribution in [0.5, 0.6) is 0 Å². The normalized spacial score (nSPS) is 11.9. The standard InChI is InChI=1S/C21H26O2/c1-3-8-17(4-2)15-16-23-21(22)20-13-11-19(12-14-20)18-9-6-5-7-10-18/h5-7,9-14,17H,3-4,8,15-16H2,1-2H3. The van der Waals surface area contributed by atoms with Gasteiger partial charge in [0.05, 0.1) is 12.2 Å². The zero-order valence-electron chi connectivity index (χ0n) is 14.1. The van der Waals surface area contributed by atoms with Gasteiger partial charge < -0.3 is 4.74 Å². The van der Waals surface area contributed by atoms with Crippen LogP contribution in [0.25, 0.3) is 11.1 Å². The third-order valence-electron chi connectivity index (χ3n) is 4.26. The smallest absolute Gasteiger partial charge is 0.338 e.